The highest BCUT2D eigenvalue weighted by atomic mass is 16.5. The quantitative estimate of drug-likeness (QED) is 0.891. The number of carbonyl (C=O) groups excluding carboxylic acids is 1. The van der Waals surface area contributed by atoms with E-state index in [4.69, 9.17) is 9.26 Å². The minimum Gasteiger partial charge on any atom is -0.371 e. The normalized spacial score (nSPS) is 25.4. The van der Waals surface area contributed by atoms with Gasteiger partial charge in [0.2, 0.25) is 5.91 Å². The van der Waals surface area contributed by atoms with Crippen LogP contribution in [0.2, 0.25) is 0 Å². The van der Waals surface area contributed by atoms with Crippen LogP contribution < -0.4 is 5.32 Å². The van der Waals surface area contributed by atoms with Crippen LogP contribution >= 0.6 is 0 Å². The SMILES string of the molecule is Cc1noc(C)c1CN1C[C@H]2C[C@@H](C(=O)NCc3ccccc3)[C@@H](C1)O2. The minimum absolute atomic E-state index is 0.0370. The van der Waals surface area contributed by atoms with Crippen molar-refractivity contribution < 1.29 is 14.1 Å². The van der Waals surface area contributed by atoms with Gasteiger partial charge in [-0.25, -0.2) is 0 Å². The Bertz CT molecular complexity index is 754. The zero-order valence-corrected chi connectivity index (χ0v) is 15.3. The van der Waals surface area contributed by atoms with E-state index < -0.39 is 0 Å². The van der Waals surface area contributed by atoms with Crippen LogP contribution in [0.3, 0.4) is 0 Å². The van der Waals surface area contributed by atoms with Gasteiger partial charge in [-0.1, -0.05) is 35.5 Å². The van der Waals surface area contributed by atoms with Gasteiger partial charge in [0.05, 0.1) is 23.8 Å². The summed E-state index contributed by atoms with van der Waals surface area (Å²) in [6.07, 6.45) is 0.885. The van der Waals surface area contributed by atoms with Crippen LogP contribution in [0, 0.1) is 19.8 Å². The Morgan fingerprint density at radius 1 is 1.27 bits per heavy atom. The number of aromatic nitrogens is 1. The van der Waals surface area contributed by atoms with Crippen molar-refractivity contribution in [2.24, 2.45) is 5.92 Å². The van der Waals surface area contributed by atoms with Crippen molar-refractivity contribution in [3.05, 3.63) is 52.9 Å². The van der Waals surface area contributed by atoms with Crippen LogP contribution in [0.15, 0.2) is 34.9 Å². The zero-order valence-electron chi connectivity index (χ0n) is 15.3. The van der Waals surface area contributed by atoms with Crippen molar-refractivity contribution >= 4 is 5.91 Å². The molecule has 6 heteroatoms. The largest absolute Gasteiger partial charge is 0.371 e. The summed E-state index contributed by atoms with van der Waals surface area (Å²) < 4.78 is 11.3. The van der Waals surface area contributed by atoms with Crippen LogP contribution in [-0.4, -0.2) is 41.3 Å². The molecule has 138 valence electrons. The molecule has 2 aliphatic heterocycles. The molecular formula is C20H25N3O3. The van der Waals surface area contributed by atoms with E-state index in [1.165, 1.54) is 0 Å². The highest BCUT2D eigenvalue weighted by Gasteiger charge is 2.44. The van der Waals surface area contributed by atoms with E-state index >= 15 is 0 Å². The second kappa shape index (κ2) is 7.21. The Morgan fingerprint density at radius 2 is 2.08 bits per heavy atom. The molecule has 2 bridgehead atoms. The van der Waals surface area contributed by atoms with Gasteiger partial charge in [0.15, 0.2) is 0 Å². The molecule has 26 heavy (non-hydrogen) atoms. The molecule has 2 aromatic rings. The molecule has 0 spiro atoms. The Labute approximate surface area is 153 Å². The van der Waals surface area contributed by atoms with E-state index in [0.717, 1.165) is 48.6 Å². The highest BCUT2D eigenvalue weighted by molar-refractivity contribution is 5.79. The average molecular weight is 355 g/mol. The molecule has 2 aliphatic rings. The van der Waals surface area contributed by atoms with Gasteiger partial charge in [-0.3, -0.25) is 9.69 Å². The first-order chi connectivity index (χ1) is 12.6. The fraction of sp³-hybridized carbons (Fsp3) is 0.500. The Balaban J connectivity index is 1.35. The van der Waals surface area contributed by atoms with E-state index in [0.29, 0.717) is 6.54 Å². The Hall–Kier alpha value is -2.18. The first kappa shape index (κ1) is 17.2. The Morgan fingerprint density at radius 3 is 2.81 bits per heavy atom. The van der Waals surface area contributed by atoms with E-state index in [1.54, 1.807) is 0 Å². The number of amides is 1. The molecular weight excluding hydrogens is 330 g/mol. The smallest absolute Gasteiger partial charge is 0.226 e. The van der Waals surface area contributed by atoms with Gasteiger partial charge >= 0.3 is 0 Å². The van der Waals surface area contributed by atoms with E-state index in [9.17, 15) is 4.79 Å². The van der Waals surface area contributed by atoms with Crippen molar-refractivity contribution in [3.63, 3.8) is 0 Å². The van der Waals surface area contributed by atoms with Crippen molar-refractivity contribution in [2.75, 3.05) is 13.1 Å². The molecule has 1 aromatic carbocycles. The summed E-state index contributed by atoms with van der Waals surface area (Å²) in [5.41, 5.74) is 3.21. The zero-order chi connectivity index (χ0) is 18.1. The van der Waals surface area contributed by atoms with Crippen LogP contribution in [0.1, 0.15) is 29.0 Å². The second-order valence-electron chi connectivity index (χ2n) is 7.34. The molecule has 2 fully saturated rings. The first-order valence-electron chi connectivity index (χ1n) is 9.21. The second-order valence-corrected chi connectivity index (χ2v) is 7.34. The molecule has 0 unspecified atom stereocenters. The summed E-state index contributed by atoms with van der Waals surface area (Å²) >= 11 is 0. The summed E-state index contributed by atoms with van der Waals surface area (Å²) in [5, 5.41) is 7.10. The third-order valence-electron chi connectivity index (χ3n) is 5.44. The Kier molecular flexibility index (Phi) is 4.78. The van der Waals surface area contributed by atoms with Crippen LogP contribution in [0.25, 0.3) is 0 Å². The van der Waals surface area contributed by atoms with Crippen LogP contribution in [0.4, 0.5) is 0 Å². The number of rotatable bonds is 5. The molecule has 4 rings (SSSR count). The molecule has 1 N–H and O–H groups in total. The van der Waals surface area contributed by atoms with E-state index in [1.807, 2.05) is 44.2 Å². The third-order valence-corrected chi connectivity index (χ3v) is 5.44. The predicted molar refractivity (Wildman–Crippen MR) is 96.3 cm³/mol. The number of aryl methyl sites for hydroxylation is 2. The fourth-order valence-corrected chi connectivity index (χ4v) is 4.01. The number of carbonyl (C=O) groups is 1. The van der Waals surface area contributed by atoms with Crippen molar-refractivity contribution in [2.45, 2.75) is 45.6 Å². The van der Waals surface area contributed by atoms with Crippen molar-refractivity contribution in [1.29, 1.82) is 0 Å². The molecule has 2 saturated heterocycles. The lowest BCUT2D eigenvalue weighted by molar-refractivity contribution is -0.128. The molecule has 3 atom stereocenters. The van der Waals surface area contributed by atoms with Crippen molar-refractivity contribution in [3.8, 4) is 0 Å². The fourth-order valence-electron chi connectivity index (χ4n) is 4.01. The van der Waals surface area contributed by atoms with E-state index in [-0.39, 0.29) is 24.0 Å². The summed E-state index contributed by atoms with van der Waals surface area (Å²) in [5.74, 6) is 0.900. The lowest BCUT2D eigenvalue weighted by Gasteiger charge is -2.32. The number of hydrogen-bond acceptors (Lipinski definition) is 5. The minimum atomic E-state index is -0.0709. The molecule has 0 saturated carbocycles. The molecule has 3 heterocycles. The summed E-state index contributed by atoms with van der Waals surface area (Å²) in [6.45, 7) is 6.91. The topological polar surface area (TPSA) is 67.6 Å². The number of nitrogens with zero attached hydrogens (tertiary/aromatic N) is 2. The molecule has 6 nitrogen and oxygen atoms in total. The standard InChI is InChI=1S/C20H25N3O3/c1-13-18(14(2)26-22-13)11-23-10-16-8-17(19(12-23)25-16)20(24)21-9-15-6-4-3-5-7-15/h3-7,16-17,19H,8-12H2,1-2H3,(H,21,24)/t16-,17-,19-/m1/s1. The monoisotopic (exact) mass is 355 g/mol. The van der Waals surface area contributed by atoms with Gasteiger partial charge < -0.3 is 14.6 Å². The average Bonchev–Trinajstić information content (AvgIpc) is 3.13. The van der Waals surface area contributed by atoms with Gasteiger partial charge in [0.25, 0.3) is 0 Å². The van der Waals surface area contributed by atoms with Gasteiger partial charge in [0.1, 0.15) is 5.76 Å². The number of hydrogen-bond donors (Lipinski definition) is 1. The lowest BCUT2D eigenvalue weighted by atomic mass is 9.99. The molecule has 0 aliphatic carbocycles. The molecule has 0 radical (unpaired) electrons. The maximum atomic E-state index is 12.7. The summed E-state index contributed by atoms with van der Waals surface area (Å²) in [7, 11) is 0. The van der Waals surface area contributed by atoms with Gasteiger partial charge in [-0.2, -0.15) is 0 Å². The summed E-state index contributed by atoms with van der Waals surface area (Å²) in [4.78, 5) is 15.0. The number of benzene rings is 1. The maximum absolute atomic E-state index is 12.7. The molecule has 1 aromatic heterocycles. The van der Waals surface area contributed by atoms with Gasteiger partial charge in [0, 0.05) is 31.7 Å². The van der Waals surface area contributed by atoms with Gasteiger partial charge in [-0.05, 0) is 25.8 Å². The van der Waals surface area contributed by atoms with Gasteiger partial charge in [-0.15, -0.1) is 0 Å². The number of likely N-dealkylation sites (tertiary alicyclic amines) is 1. The van der Waals surface area contributed by atoms with Crippen molar-refractivity contribution in [1.82, 2.24) is 15.4 Å². The predicted octanol–water partition coefficient (Wildman–Crippen LogP) is 2.20. The lowest BCUT2D eigenvalue weighted by Crippen LogP contribution is -2.45. The number of morpholine rings is 1. The number of fused-ring (bicyclic) bond motifs is 2. The summed E-state index contributed by atoms with van der Waals surface area (Å²) in [6, 6.07) is 10.00. The maximum Gasteiger partial charge on any atom is 0.226 e. The van der Waals surface area contributed by atoms with Crippen LogP contribution in [0.5, 0.6) is 0 Å². The first-order valence-corrected chi connectivity index (χ1v) is 9.21. The number of ether oxygens (including phenoxy) is 1. The van der Waals surface area contributed by atoms with E-state index in [2.05, 4.69) is 15.4 Å². The van der Waals surface area contributed by atoms with Crippen LogP contribution in [-0.2, 0) is 22.6 Å². The number of nitrogens with one attached hydrogen (secondary N) is 1. The third kappa shape index (κ3) is 3.52. The molecule has 1 amide bonds. The highest BCUT2D eigenvalue weighted by Crippen LogP contribution is 2.33.